The fourth-order valence-electron chi connectivity index (χ4n) is 1.71. The van der Waals surface area contributed by atoms with E-state index in [1.54, 1.807) is 0 Å². The van der Waals surface area contributed by atoms with Crippen molar-refractivity contribution >= 4 is 11.9 Å². The molecule has 1 aromatic carbocycles. The van der Waals surface area contributed by atoms with Crippen LogP contribution in [0.25, 0.3) is 0 Å². The Bertz CT molecular complexity index is 610. The fraction of sp³-hybridized carbons (Fsp3) is 0.154. The number of carboxylic acids is 1. The van der Waals surface area contributed by atoms with Gasteiger partial charge in [-0.1, -0.05) is 6.07 Å². The maximum Gasteiger partial charge on any atom is 0.326 e. The van der Waals surface area contributed by atoms with E-state index in [-0.39, 0.29) is 17.7 Å². The Kier molecular flexibility index (Phi) is 3.99. The summed E-state index contributed by atoms with van der Waals surface area (Å²) in [6, 6.07) is 4.62. The highest BCUT2D eigenvalue weighted by atomic mass is 16.4. The Hall–Kier alpha value is -2.83. The number of imidazole rings is 1. The van der Waals surface area contributed by atoms with Crippen molar-refractivity contribution in [1.29, 1.82) is 0 Å². The Labute approximate surface area is 114 Å². The summed E-state index contributed by atoms with van der Waals surface area (Å²) in [4.78, 5) is 29.7. The predicted octanol–water partition coefficient (Wildman–Crippen LogP) is 0.541. The molecule has 1 atom stereocenters. The van der Waals surface area contributed by atoms with Crippen LogP contribution in [-0.2, 0) is 11.2 Å². The van der Waals surface area contributed by atoms with Crippen molar-refractivity contribution in [2.24, 2.45) is 0 Å². The molecule has 0 fully saturated rings. The molecule has 104 valence electrons. The van der Waals surface area contributed by atoms with Gasteiger partial charge in [0, 0.05) is 23.9 Å². The number of H-pyrrole nitrogens is 1. The molecule has 7 heteroatoms. The zero-order chi connectivity index (χ0) is 14.5. The molecule has 2 rings (SSSR count). The number of amides is 1. The third kappa shape index (κ3) is 3.35. The molecular weight excluding hydrogens is 262 g/mol. The van der Waals surface area contributed by atoms with Crippen molar-refractivity contribution in [3.8, 4) is 5.75 Å². The summed E-state index contributed by atoms with van der Waals surface area (Å²) >= 11 is 0. The zero-order valence-electron chi connectivity index (χ0n) is 10.4. The van der Waals surface area contributed by atoms with Gasteiger partial charge >= 0.3 is 5.97 Å². The van der Waals surface area contributed by atoms with Gasteiger partial charge in [-0.2, -0.15) is 0 Å². The monoisotopic (exact) mass is 275 g/mol. The molecule has 1 amide bonds. The number of nitrogens with one attached hydrogen (secondary N) is 2. The number of benzene rings is 1. The number of phenols is 1. The highest BCUT2D eigenvalue weighted by Gasteiger charge is 2.21. The predicted molar refractivity (Wildman–Crippen MR) is 69.3 cm³/mol. The van der Waals surface area contributed by atoms with Crippen LogP contribution in [0.15, 0.2) is 36.8 Å². The van der Waals surface area contributed by atoms with Crippen LogP contribution in [0.4, 0.5) is 0 Å². The number of carboxylic acid groups (broad SMARTS) is 1. The van der Waals surface area contributed by atoms with E-state index in [9.17, 15) is 14.7 Å². The van der Waals surface area contributed by atoms with Crippen LogP contribution in [0, 0.1) is 0 Å². The Morgan fingerprint density at radius 2 is 2.20 bits per heavy atom. The van der Waals surface area contributed by atoms with Gasteiger partial charge in [0.1, 0.15) is 11.8 Å². The molecule has 0 aliphatic carbocycles. The normalized spacial score (nSPS) is 11.8. The van der Waals surface area contributed by atoms with Crippen molar-refractivity contribution in [1.82, 2.24) is 15.3 Å². The van der Waals surface area contributed by atoms with Crippen molar-refractivity contribution < 1.29 is 19.8 Å². The maximum atomic E-state index is 11.9. The molecule has 0 aliphatic heterocycles. The third-order valence-corrected chi connectivity index (χ3v) is 2.69. The average molecular weight is 275 g/mol. The smallest absolute Gasteiger partial charge is 0.326 e. The minimum Gasteiger partial charge on any atom is -0.508 e. The molecule has 1 heterocycles. The van der Waals surface area contributed by atoms with E-state index in [4.69, 9.17) is 5.11 Å². The average Bonchev–Trinajstić information content (AvgIpc) is 2.90. The minimum absolute atomic E-state index is 0.0573. The second kappa shape index (κ2) is 5.87. The summed E-state index contributed by atoms with van der Waals surface area (Å²) in [7, 11) is 0. The number of aromatic nitrogens is 2. The molecule has 20 heavy (non-hydrogen) atoms. The van der Waals surface area contributed by atoms with Gasteiger partial charge in [-0.15, -0.1) is 0 Å². The van der Waals surface area contributed by atoms with E-state index in [1.807, 2.05) is 0 Å². The van der Waals surface area contributed by atoms with E-state index >= 15 is 0 Å². The van der Waals surface area contributed by atoms with Crippen LogP contribution in [0.3, 0.4) is 0 Å². The van der Waals surface area contributed by atoms with Crippen LogP contribution in [0.1, 0.15) is 16.1 Å². The lowest BCUT2D eigenvalue weighted by Gasteiger charge is -2.13. The molecule has 2 aromatic rings. The first-order valence-corrected chi connectivity index (χ1v) is 5.86. The topological polar surface area (TPSA) is 115 Å². The number of hydrogen-bond acceptors (Lipinski definition) is 4. The van der Waals surface area contributed by atoms with Crippen molar-refractivity contribution in [2.75, 3.05) is 0 Å². The van der Waals surface area contributed by atoms with E-state index < -0.39 is 17.9 Å². The first kappa shape index (κ1) is 13.6. The number of aliphatic carboxylic acids is 1. The molecule has 0 spiro atoms. The quantitative estimate of drug-likeness (QED) is 0.635. The van der Waals surface area contributed by atoms with E-state index in [2.05, 4.69) is 15.3 Å². The van der Waals surface area contributed by atoms with Crippen LogP contribution in [0.2, 0.25) is 0 Å². The molecule has 4 N–H and O–H groups in total. The number of hydrogen-bond donors (Lipinski definition) is 4. The molecule has 0 saturated heterocycles. The van der Waals surface area contributed by atoms with Crippen LogP contribution in [0.5, 0.6) is 5.75 Å². The zero-order valence-corrected chi connectivity index (χ0v) is 10.4. The van der Waals surface area contributed by atoms with Crippen molar-refractivity contribution in [3.05, 3.63) is 48.0 Å². The van der Waals surface area contributed by atoms with Gasteiger partial charge in [0.05, 0.1) is 6.33 Å². The molecule has 0 bridgehead atoms. The fourth-order valence-corrected chi connectivity index (χ4v) is 1.71. The molecule has 7 nitrogen and oxygen atoms in total. The number of rotatable bonds is 5. The third-order valence-electron chi connectivity index (χ3n) is 2.69. The molecule has 0 saturated carbocycles. The maximum absolute atomic E-state index is 11.9. The van der Waals surface area contributed by atoms with Crippen LogP contribution < -0.4 is 5.32 Å². The number of carbonyl (C=O) groups is 2. The Balaban J connectivity index is 2.08. The van der Waals surface area contributed by atoms with Gasteiger partial charge in [0.25, 0.3) is 5.91 Å². The van der Waals surface area contributed by atoms with E-state index in [0.717, 1.165) is 0 Å². The van der Waals surface area contributed by atoms with Crippen LogP contribution in [-0.4, -0.2) is 38.1 Å². The first-order valence-electron chi connectivity index (χ1n) is 5.86. The molecular formula is C13H13N3O4. The highest BCUT2D eigenvalue weighted by Crippen LogP contribution is 2.11. The Morgan fingerprint density at radius 1 is 1.40 bits per heavy atom. The Morgan fingerprint density at radius 3 is 2.80 bits per heavy atom. The van der Waals surface area contributed by atoms with Gasteiger partial charge in [0.15, 0.2) is 0 Å². The second-order valence-electron chi connectivity index (χ2n) is 4.20. The lowest BCUT2D eigenvalue weighted by Crippen LogP contribution is -2.42. The number of aromatic amines is 1. The highest BCUT2D eigenvalue weighted by molar-refractivity contribution is 5.96. The molecule has 0 radical (unpaired) electrons. The van der Waals surface area contributed by atoms with Gasteiger partial charge in [-0.3, -0.25) is 4.79 Å². The molecule has 1 aromatic heterocycles. The minimum atomic E-state index is -1.15. The SMILES string of the molecule is O=C(NC(Cc1cnc[nH]1)C(=O)O)c1cccc(O)c1. The largest absolute Gasteiger partial charge is 0.508 e. The van der Waals surface area contributed by atoms with Gasteiger partial charge in [-0.25, -0.2) is 9.78 Å². The van der Waals surface area contributed by atoms with Crippen molar-refractivity contribution in [2.45, 2.75) is 12.5 Å². The standard InChI is InChI=1S/C13H13N3O4/c17-10-3-1-2-8(4-10)12(18)16-11(13(19)20)5-9-6-14-7-15-9/h1-4,6-7,11,17H,5H2,(H,14,15)(H,16,18)(H,19,20). The van der Waals surface area contributed by atoms with Gasteiger partial charge in [-0.05, 0) is 18.2 Å². The molecule has 1 unspecified atom stereocenters. The van der Waals surface area contributed by atoms with Crippen molar-refractivity contribution in [3.63, 3.8) is 0 Å². The lowest BCUT2D eigenvalue weighted by molar-refractivity contribution is -0.139. The summed E-state index contributed by atoms with van der Waals surface area (Å²) in [6.45, 7) is 0. The summed E-state index contributed by atoms with van der Waals surface area (Å²) in [5.41, 5.74) is 0.800. The lowest BCUT2D eigenvalue weighted by atomic mass is 10.1. The summed E-state index contributed by atoms with van der Waals surface area (Å²) in [5, 5.41) is 20.8. The van der Waals surface area contributed by atoms with Gasteiger partial charge in [0.2, 0.25) is 0 Å². The van der Waals surface area contributed by atoms with Crippen LogP contribution >= 0.6 is 0 Å². The second-order valence-corrected chi connectivity index (χ2v) is 4.20. The first-order chi connectivity index (χ1) is 9.56. The summed E-state index contributed by atoms with van der Waals surface area (Å²) < 4.78 is 0. The summed E-state index contributed by atoms with van der Waals surface area (Å²) in [5.74, 6) is -1.76. The van der Waals surface area contributed by atoms with E-state index in [1.165, 1.54) is 36.8 Å². The van der Waals surface area contributed by atoms with E-state index in [0.29, 0.717) is 5.69 Å². The number of aromatic hydroxyl groups is 1. The number of carbonyl (C=O) groups excluding carboxylic acids is 1. The summed E-state index contributed by atoms with van der Waals surface area (Å²) in [6.07, 6.45) is 3.03. The molecule has 0 aliphatic rings. The number of nitrogens with zero attached hydrogens (tertiary/aromatic N) is 1. The number of phenolic OH excluding ortho intramolecular Hbond substituents is 1. The van der Waals surface area contributed by atoms with Gasteiger partial charge < -0.3 is 20.5 Å².